The summed E-state index contributed by atoms with van der Waals surface area (Å²) >= 11 is 0. The van der Waals surface area contributed by atoms with Gasteiger partial charge in [-0.3, -0.25) is 4.98 Å². The van der Waals surface area contributed by atoms with Gasteiger partial charge in [0.15, 0.2) is 0 Å². The molecule has 0 aliphatic carbocycles. The third-order valence-electron chi connectivity index (χ3n) is 4.15. The number of hydrogen-bond donors (Lipinski definition) is 3. The number of ether oxygens (including phenoxy) is 1. The Morgan fingerprint density at radius 3 is 2.65 bits per heavy atom. The Balaban J connectivity index is 1.84. The predicted molar refractivity (Wildman–Crippen MR) is 111 cm³/mol. The second kappa shape index (κ2) is 10.1. The first-order valence-electron chi connectivity index (χ1n) is 9.59. The summed E-state index contributed by atoms with van der Waals surface area (Å²) in [5.41, 5.74) is 1.74. The van der Waals surface area contributed by atoms with Crippen LogP contribution in [-0.4, -0.2) is 45.6 Å². The van der Waals surface area contributed by atoms with Gasteiger partial charge >= 0.3 is 6.36 Å². The minimum atomic E-state index is -4.79. The number of aliphatic hydroxyl groups excluding tert-OH is 1. The van der Waals surface area contributed by atoms with E-state index in [1.807, 2.05) is 18.2 Å². The number of pyridine rings is 1. The molecule has 7 nitrogen and oxygen atoms in total. The van der Waals surface area contributed by atoms with Gasteiger partial charge in [-0.15, -0.1) is 13.2 Å². The molecule has 0 spiro atoms. The van der Waals surface area contributed by atoms with Crippen molar-refractivity contribution in [1.29, 1.82) is 0 Å². The number of anilines is 2. The molecular formula is C21H22F3N5O2. The van der Waals surface area contributed by atoms with Crippen molar-refractivity contribution in [2.75, 3.05) is 23.8 Å². The van der Waals surface area contributed by atoms with Gasteiger partial charge in [0.25, 0.3) is 0 Å². The van der Waals surface area contributed by atoms with Crippen LogP contribution in [0.4, 0.5) is 24.9 Å². The summed E-state index contributed by atoms with van der Waals surface area (Å²) in [6.07, 6.45) is -2.41. The number of rotatable bonds is 9. The number of aromatic nitrogens is 3. The number of benzene rings is 1. The summed E-state index contributed by atoms with van der Waals surface area (Å²) in [6, 6.07) is 12.5. The molecule has 0 radical (unpaired) electrons. The summed E-state index contributed by atoms with van der Waals surface area (Å²) < 4.78 is 41.7. The molecule has 1 atom stereocenters. The molecule has 10 heteroatoms. The topological polar surface area (TPSA) is 92.2 Å². The maximum Gasteiger partial charge on any atom is 0.573 e. The molecule has 3 aromatic rings. The van der Waals surface area contributed by atoms with E-state index in [-0.39, 0.29) is 24.3 Å². The van der Waals surface area contributed by atoms with Crippen molar-refractivity contribution in [3.05, 3.63) is 60.4 Å². The van der Waals surface area contributed by atoms with Crippen LogP contribution in [0.5, 0.6) is 5.75 Å². The number of nitrogens with one attached hydrogen (secondary N) is 2. The van der Waals surface area contributed by atoms with Gasteiger partial charge in [0.1, 0.15) is 11.6 Å². The van der Waals surface area contributed by atoms with Gasteiger partial charge in [-0.25, -0.2) is 4.98 Å². The smallest absolute Gasteiger partial charge is 0.406 e. The predicted octanol–water partition coefficient (Wildman–Crippen LogP) is 3.88. The minimum absolute atomic E-state index is 0.134. The Kier molecular flexibility index (Phi) is 7.24. The molecule has 3 N–H and O–H groups in total. The lowest BCUT2D eigenvalue weighted by Gasteiger charge is -2.15. The molecule has 164 valence electrons. The average molecular weight is 433 g/mol. The van der Waals surface area contributed by atoms with Crippen molar-refractivity contribution < 1.29 is 23.0 Å². The zero-order valence-electron chi connectivity index (χ0n) is 16.7. The first-order valence-corrected chi connectivity index (χ1v) is 9.59. The third kappa shape index (κ3) is 7.10. The maximum absolute atomic E-state index is 12.6. The Labute approximate surface area is 177 Å². The molecule has 0 fully saturated rings. The molecule has 2 heterocycles. The molecule has 0 saturated heterocycles. The van der Waals surface area contributed by atoms with Crippen LogP contribution in [0.15, 0.2) is 54.7 Å². The number of nitrogens with zero attached hydrogens (tertiary/aromatic N) is 3. The first kappa shape index (κ1) is 22.3. The van der Waals surface area contributed by atoms with E-state index < -0.39 is 6.36 Å². The fourth-order valence-corrected chi connectivity index (χ4v) is 2.73. The van der Waals surface area contributed by atoms with E-state index in [2.05, 4.69) is 30.3 Å². The molecule has 31 heavy (non-hydrogen) atoms. The summed E-state index contributed by atoms with van der Waals surface area (Å²) in [5.74, 6) is 0.378. The normalized spacial score (nSPS) is 12.3. The van der Waals surface area contributed by atoms with E-state index in [0.29, 0.717) is 30.0 Å². The van der Waals surface area contributed by atoms with Crippen molar-refractivity contribution >= 4 is 11.8 Å². The van der Waals surface area contributed by atoms with Crippen LogP contribution >= 0.6 is 0 Å². The van der Waals surface area contributed by atoms with Gasteiger partial charge in [0.2, 0.25) is 5.95 Å². The molecule has 0 unspecified atom stereocenters. The highest BCUT2D eigenvalue weighted by atomic mass is 19.4. The van der Waals surface area contributed by atoms with Gasteiger partial charge in [-0.1, -0.05) is 18.2 Å². The van der Waals surface area contributed by atoms with Gasteiger partial charge < -0.3 is 20.5 Å². The number of alkyl halides is 3. The zero-order chi connectivity index (χ0) is 22.3. The summed E-state index contributed by atoms with van der Waals surface area (Å²) in [5, 5.41) is 15.5. The van der Waals surface area contributed by atoms with E-state index in [1.54, 1.807) is 25.3 Å². The summed E-state index contributed by atoms with van der Waals surface area (Å²) in [4.78, 5) is 13.0. The van der Waals surface area contributed by atoms with E-state index in [0.717, 1.165) is 5.69 Å². The van der Waals surface area contributed by atoms with Gasteiger partial charge in [0.05, 0.1) is 12.3 Å². The van der Waals surface area contributed by atoms with Gasteiger partial charge in [-0.05, 0) is 31.2 Å². The Morgan fingerprint density at radius 2 is 1.94 bits per heavy atom. The molecule has 0 amide bonds. The van der Waals surface area contributed by atoms with E-state index >= 15 is 0 Å². The van der Waals surface area contributed by atoms with E-state index in [4.69, 9.17) is 0 Å². The van der Waals surface area contributed by atoms with Crippen molar-refractivity contribution in [3.8, 4) is 17.0 Å². The third-order valence-corrected chi connectivity index (χ3v) is 4.15. The monoisotopic (exact) mass is 433 g/mol. The van der Waals surface area contributed by atoms with Crippen LogP contribution in [0.25, 0.3) is 11.3 Å². The molecule has 1 aromatic carbocycles. The van der Waals surface area contributed by atoms with Crippen LogP contribution in [-0.2, 0) is 6.42 Å². The van der Waals surface area contributed by atoms with Crippen molar-refractivity contribution in [2.24, 2.45) is 0 Å². The maximum atomic E-state index is 12.6. The molecule has 3 rings (SSSR count). The summed E-state index contributed by atoms with van der Waals surface area (Å²) in [7, 11) is 0. The Morgan fingerprint density at radius 1 is 1.10 bits per heavy atom. The molecule has 0 bridgehead atoms. The number of halogens is 3. The first-order chi connectivity index (χ1) is 14.8. The Hall–Kier alpha value is -3.40. The second-order valence-electron chi connectivity index (χ2n) is 6.76. The zero-order valence-corrected chi connectivity index (χ0v) is 16.7. The lowest BCUT2D eigenvalue weighted by molar-refractivity contribution is -0.274. The van der Waals surface area contributed by atoms with Crippen LogP contribution < -0.4 is 15.4 Å². The van der Waals surface area contributed by atoms with Gasteiger partial charge in [0, 0.05) is 42.5 Å². The fourth-order valence-electron chi connectivity index (χ4n) is 2.73. The van der Waals surface area contributed by atoms with E-state index in [9.17, 15) is 18.3 Å². The van der Waals surface area contributed by atoms with Crippen LogP contribution in [0.3, 0.4) is 0 Å². The fraction of sp³-hybridized carbons (Fsp3) is 0.286. The van der Waals surface area contributed by atoms with Crippen molar-refractivity contribution in [1.82, 2.24) is 15.0 Å². The van der Waals surface area contributed by atoms with Gasteiger partial charge in [-0.2, -0.15) is 4.98 Å². The molecule has 2 aromatic heterocycles. The minimum Gasteiger partial charge on any atom is -0.406 e. The molecule has 0 saturated carbocycles. The lowest BCUT2D eigenvalue weighted by atomic mass is 10.1. The van der Waals surface area contributed by atoms with Crippen LogP contribution in [0, 0.1) is 0 Å². The number of aliphatic hydroxyl groups is 1. The van der Waals surface area contributed by atoms with Crippen molar-refractivity contribution in [3.63, 3.8) is 0 Å². The highest BCUT2D eigenvalue weighted by Gasteiger charge is 2.31. The van der Waals surface area contributed by atoms with Crippen molar-refractivity contribution in [2.45, 2.75) is 25.7 Å². The molecule has 0 aliphatic heterocycles. The Bertz CT molecular complexity index is 986. The standard InChI is InChI=1S/C21H22F3N5O2/c1-14(13-30)27-20-28-18(15-5-4-7-17(11-15)31-21(22,23)24)12-19(29-20)26-10-8-16-6-2-3-9-25-16/h2-7,9,11-12,14,30H,8,10,13H2,1H3,(H2,26,27,28,29)/t14-/m0/s1. The quantitative estimate of drug-likeness (QED) is 0.472. The summed E-state index contributed by atoms with van der Waals surface area (Å²) in [6.45, 7) is 2.16. The lowest BCUT2D eigenvalue weighted by Crippen LogP contribution is -2.21. The van der Waals surface area contributed by atoms with Crippen LogP contribution in [0.2, 0.25) is 0 Å². The molecule has 0 aliphatic rings. The molecular weight excluding hydrogens is 411 g/mol. The highest BCUT2D eigenvalue weighted by Crippen LogP contribution is 2.28. The van der Waals surface area contributed by atoms with E-state index in [1.165, 1.54) is 18.2 Å². The average Bonchev–Trinajstić information content (AvgIpc) is 2.73. The van der Waals surface area contributed by atoms with Crippen LogP contribution in [0.1, 0.15) is 12.6 Å². The highest BCUT2D eigenvalue weighted by molar-refractivity contribution is 5.66. The number of hydrogen-bond acceptors (Lipinski definition) is 7. The SMILES string of the molecule is C[C@@H](CO)Nc1nc(NCCc2ccccn2)cc(-c2cccc(OC(F)(F)F)c2)n1. The largest absolute Gasteiger partial charge is 0.573 e. The second-order valence-corrected chi connectivity index (χ2v) is 6.76.